The zero-order valence-corrected chi connectivity index (χ0v) is 14.2. The van der Waals surface area contributed by atoms with Gasteiger partial charge in [-0.2, -0.15) is 0 Å². The van der Waals surface area contributed by atoms with Gasteiger partial charge in [-0.3, -0.25) is 4.79 Å². The normalized spacial score (nSPS) is 21.7. The van der Waals surface area contributed by atoms with E-state index in [-0.39, 0.29) is 12.5 Å². The van der Waals surface area contributed by atoms with Gasteiger partial charge in [0.1, 0.15) is 5.75 Å². The molecule has 1 saturated heterocycles. The number of ether oxygens (including phenoxy) is 1. The molecule has 0 aromatic heterocycles. The number of rotatable bonds is 5. The number of carbonyl (C=O) groups excluding carboxylic acids is 1. The van der Waals surface area contributed by atoms with E-state index in [2.05, 4.69) is 38.3 Å². The minimum Gasteiger partial charge on any atom is -0.483 e. The molecular weight excluding hydrogens is 276 g/mol. The molecule has 122 valence electrons. The SMILES string of the molecule is Cc1ccc(C(C)C)c(OCC(=O)NC2CC[NH+](C)CC2)c1. The molecule has 0 bridgehead atoms. The predicted molar refractivity (Wildman–Crippen MR) is 88.5 cm³/mol. The second kappa shape index (κ2) is 7.63. The Kier molecular flexibility index (Phi) is 5.83. The summed E-state index contributed by atoms with van der Waals surface area (Å²) < 4.78 is 5.79. The van der Waals surface area contributed by atoms with Crippen molar-refractivity contribution in [2.24, 2.45) is 0 Å². The average molecular weight is 305 g/mol. The van der Waals surface area contributed by atoms with E-state index in [0.29, 0.717) is 12.0 Å². The standard InChI is InChI=1S/C18H28N2O2/c1-13(2)16-6-5-14(3)11-17(16)22-12-18(21)19-15-7-9-20(4)10-8-15/h5-6,11,13,15H,7-10,12H2,1-4H3,(H,19,21)/p+1. The van der Waals surface area contributed by atoms with Crippen molar-refractivity contribution in [3.8, 4) is 5.75 Å². The summed E-state index contributed by atoms with van der Waals surface area (Å²) in [6.07, 6.45) is 2.11. The molecular formula is C18H29N2O2+. The Labute approximate surface area is 133 Å². The predicted octanol–water partition coefficient (Wildman–Crippen LogP) is 1.29. The third-order valence-electron chi connectivity index (χ3n) is 4.35. The zero-order chi connectivity index (χ0) is 16.1. The van der Waals surface area contributed by atoms with Gasteiger partial charge in [-0.15, -0.1) is 0 Å². The van der Waals surface area contributed by atoms with Crippen LogP contribution in [0.2, 0.25) is 0 Å². The molecule has 1 aliphatic rings. The summed E-state index contributed by atoms with van der Waals surface area (Å²) in [4.78, 5) is 13.6. The third-order valence-corrected chi connectivity index (χ3v) is 4.35. The van der Waals surface area contributed by atoms with E-state index in [0.717, 1.165) is 42.8 Å². The van der Waals surface area contributed by atoms with Gasteiger partial charge in [-0.1, -0.05) is 26.0 Å². The average Bonchev–Trinajstić information content (AvgIpc) is 2.47. The number of amides is 1. The van der Waals surface area contributed by atoms with Crippen LogP contribution < -0.4 is 15.0 Å². The minimum atomic E-state index is -0.0132. The fraction of sp³-hybridized carbons (Fsp3) is 0.611. The highest BCUT2D eigenvalue weighted by Crippen LogP contribution is 2.27. The van der Waals surface area contributed by atoms with Gasteiger partial charge in [-0.05, 0) is 30.0 Å². The number of benzene rings is 1. The van der Waals surface area contributed by atoms with Gasteiger partial charge in [-0.25, -0.2) is 0 Å². The van der Waals surface area contributed by atoms with E-state index in [1.807, 2.05) is 13.0 Å². The van der Waals surface area contributed by atoms with Crippen LogP contribution in [0.15, 0.2) is 18.2 Å². The number of carbonyl (C=O) groups is 1. The van der Waals surface area contributed by atoms with Gasteiger partial charge in [0, 0.05) is 18.9 Å². The summed E-state index contributed by atoms with van der Waals surface area (Å²) in [5, 5.41) is 3.10. The van der Waals surface area contributed by atoms with Crippen molar-refractivity contribution >= 4 is 5.91 Å². The number of aryl methyl sites for hydroxylation is 1. The van der Waals surface area contributed by atoms with Crippen molar-refractivity contribution in [2.45, 2.75) is 45.6 Å². The Hall–Kier alpha value is -1.55. The molecule has 4 nitrogen and oxygen atoms in total. The molecule has 1 aromatic rings. The van der Waals surface area contributed by atoms with E-state index in [9.17, 15) is 4.79 Å². The fourth-order valence-corrected chi connectivity index (χ4v) is 2.91. The molecule has 0 radical (unpaired) electrons. The Bertz CT molecular complexity index is 506. The van der Waals surface area contributed by atoms with Crippen LogP contribution >= 0.6 is 0 Å². The van der Waals surface area contributed by atoms with E-state index in [1.54, 1.807) is 4.90 Å². The maximum atomic E-state index is 12.1. The van der Waals surface area contributed by atoms with Crippen LogP contribution in [0.4, 0.5) is 0 Å². The van der Waals surface area contributed by atoms with Gasteiger partial charge >= 0.3 is 0 Å². The van der Waals surface area contributed by atoms with Gasteiger partial charge in [0.25, 0.3) is 5.91 Å². The van der Waals surface area contributed by atoms with Crippen LogP contribution in [-0.4, -0.2) is 38.7 Å². The first-order valence-corrected chi connectivity index (χ1v) is 8.29. The Morgan fingerprint density at radius 2 is 2.05 bits per heavy atom. The molecule has 1 heterocycles. The van der Waals surface area contributed by atoms with E-state index in [4.69, 9.17) is 4.74 Å². The van der Waals surface area contributed by atoms with E-state index >= 15 is 0 Å². The summed E-state index contributed by atoms with van der Waals surface area (Å²) >= 11 is 0. The molecule has 2 rings (SSSR count). The summed E-state index contributed by atoms with van der Waals surface area (Å²) in [7, 11) is 2.20. The summed E-state index contributed by atoms with van der Waals surface area (Å²) in [5.41, 5.74) is 2.30. The largest absolute Gasteiger partial charge is 0.483 e. The van der Waals surface area contributed by atoms with Crippen molar-refractivity contribution < 1.29 is 14.4 Å². The highest BCUT2D eigenvalue weighted by Gasteiger charge is 2.21. The molecule has 2 N–H and O–H groups in total. The first-order valence-electron chi connectivity index (χ1n) is 8.29. The molecule has 22 heavy (non-hydrogen) atoms. The second-order valence-electron chi connectivity index (χ2n) is 6.78. The van der Waals surface area contributed by atoms with Crippen molar-refractivity contribution in [1.82, 2.24) is 5.32 Å². The van der Waals surface area contributed by atoms with Crippen LogP contribution in [0.25, 0.3) is 0 Å². The summed E-state index contributed by atoms with van der Waals surface area (Å²) in [6.45, 7) is 8.67. The Morgan fingerprint density at radius 3 is 2.68 bits per heavy atom. The number of likely N-dealkylation sites (tertiary alicyclic amines) is 1. The lowest BCUT2D eigenvalue weighted by molar-refractivity contribution is -0.884. The van der Waals surface area contributed by atoms with Crippen molar-refractivity contribution in [3.63, 3.8) is 0 Å². The van der Waals surface area contributed by atoms with Crippen LogP contribution in [0.5, 0.6) is 5.75 Å². The number of piperidine rings is 1. The van der Waals surface area contributed by atoms with E-state index in [1.165, 1.54) is 0 Å². The molecule has 0 unspecified atom stereocenters. The first-order chi connectivity index (χ1) is 10.5. The van der Waals surface area contributed by atoms with Crippen LogP contribution in [0, 0.1) is 6.92 Å². The fourth-order valence-electron chi connectivity index (χ4n) is 2.91. The number of hydrogen-bond donors (Lipinski definition) is 2. The molecule has 0 saturated carbocycles. The molecule has 1 aromatic carbocycles. The Morgan fingerprint density at radius 1 is 1.36 bits per heavy atom. The maximum Gasteiger partial charge on any atom is 0.258 e. The van der Waals surface area contributed by atoms with Gasteiger partial charge in [0.05, 0.1) is 20.1 Å². The summed E-state index contributed by atoms with van der Waals surface area (Å²) in [5.74, 6) is 1.20. The monoisotopic (exact) mass is 305 g/mol. The zero-order valence-electron chi connectivity index (χ0n) is 14.2. The number of nitrogens with one attached hydrogen (secondary N) is 2. The highest BCUT2D eigenvalue weighted by atomic mass is 16.5. The molecule has 1 amide bonds. The number of quaternary nitrogens is 1. The molecule has 4 heteroatoms. The van der Waals surface area contributed by atoms with Crippen molar-refractivity contribution in [2.75, 3.05) is 26.7 Å². The summed E-state index contributed by atoms with van der Waals surface area (Å²) in [6, 6.07) is 6.50. The van der Waals surface area contributed by atoms with Gasteiger partial charge in [0.2, 0.25) is 0 Å². The molecule has 0 aliphatic carbocycles. The van der Waals surface area contributed by atoms with Crippen molar-refractivity contribution in [3.05, 3.63) is 29.3 Å². The van der Waals surface area contributed by atoms with Crippen LogP contribution in [0.1, 0.15) is 43.7 Å². The highest BCUT2D eigenvalue weighted by molar-refractivity contribution is 5.77. The lowest BCUT2D eigenvalue weighted by Gasteiger charge is -2.27. The maximum absolute atomic E-state index is 12.1. The van der Waals surface area contributed by atoms with Gasteiger partial charge < -0.3 is 15.0 Å². The minimum absolute atomic E-state index is 0.0132. The lowest BCUT2D eigenvalue weighted by atomic mass is 10.0. The van der Waals surface area contributed by atoms with E-state index < -0.39 is 0 Å². The lowest BCUT2D eigenvalue weighted by Crippen LogP contribution is -3.10. The third kappa shape index (κ3) is 4.73. The van der Waals surface area contributed by atoms with Crippen molar-refractivity contribution in [1.29, 1.82) is 0 Å². The molecule has 1 aliphatic heterocycles. The number of hydrogen-bond acceptors (Lipinski definition) is 2. The van der Waals surface area contributed by atoms with Gasteiger partial charge in [0.15, 0.2) is 6.61 Å². The first kappa shape index (κ1) is 16.8. The molecule has 1 fully saturated rings. The second-order valence-corrected chi connectivity index (χ2v) is 6.78. The topological polar surface area (TPSA) is 42.8 Å². The molecule has 0 atom stereocenters. The quantitative estimate of drug-likeness (QED) is 0.861. The Balaban J connectivity index is 1.87. The molecule has 0 spiro atoms. The smallest absolute Gasteiger partial charge is 0.258 e. The van der Waals surface area contributed by atoms with Crippen LogP contribution in [-0.2, 0) is 4.79 Å². The van der Waals surface area contributed by atoms with Crippen LogP contribution in [0.3, 0.4) is 0 Å².